The maximum Gasteiger partial charge on any atom is 0.329 e. The first-order valence-corrected chi connectivity index (χ1v) is 18.8. The molecule has 14 heteroatoms. The molecule has 3 amide bonds. The average Bonchev–Trinajstić information content (AvgIpc) is 3.91. The van der Waals surface area contributed by atoms with Gasteiger partial charge in [-0.25, -0.2) is 14.6 Å². The molecule has 54 heavy (non-hydrogen) atoms. The van der Waals surface area contributed by atoms with E-state index in [-0.39, 0.29) is 20.2 Å². The number of unbranched alkanes of at least 4 members (excludes halogenated alkanes) is 1. The molecule has 6 rings (SSSR count). The van der Waals surface area contributed by atoms with Crippen LogP contribution in [0.2, 0.25) is 0 Å². The van der Waals surface area contributed by atoms with Gasteiger partial charge in [0.25, 0.3) is 0 Å². The number of esters is 1. The zero-order valence-electron chi connectivity index (χ0n) is 32.0. The van der Waals surface area contributed by atoms with Crippen LogP contribution in [0.1, 0.15) is 84.0 Å². The Kier molecular flexibility index (Phi) is 11.8. The van der Waals surface area contributed by atoms with Crippen molar-refractivity contribution in [3.05, 3.63) is 77.5 Å². The number of aromatic nitrogens is 3. The molecule has 1 fully saturated rings. The minimum absolute atomic E-state index is 0. The number of H-pyrrole nitrogens is 2. The van der Waals surface area contributed by atoms with E-state index < -0.39 is 29.1 Å². The summed E-state index contributed by atoms with van der Waals surface area (Å²) in [6.07, 6.45) is 5.85. The highest BCUT2D eigenvalue weighted by Gasteiger charge is 2.37. The molecule has 0 saturated carbocycles. The normalized spacial score (nSPS) is 15.9. The van der Waals surface area contributed by atoms with Crippen LogP contribution in [-0.2, 0) is 32.7 Å². The second-order valence-corrected chi connectivity index (χ2v) is 15.7. The van der Waals surface area contributed by atoms with Crippen LogP contribution >= 0.6 is 0 Å². The van der Waals surface area contributed by atoms with Crippen LogP contribution in [0.5, 0.6) is 11.5 Å². The summed E-state index contributed by atoms with van der Waals surface area (Å²) < 4.78 is 16.6. The molecule has 2 aromatic carbocycles. The van der Waals surface area contributed by atoms with Crippen LogP contribution in [0.15, 0.2) is 54.9 Å². The molecule has 6 N–H and O–H groups in total. The van der Waals surface area contributed by atoms with Crippen LogP contribution in [0.4, 0.5) is 4.79 Å². The predicted molar refractivity (Wildman–Crippen MR) is 207 cm³/mol. The lowest BCUT2D eigenvalue weighted by molar-refractivity contribution is -0.159. The molecule has 4 heterocycles. The number of urea groups is 1. The number of aromatic amines is 2. The van der Waals surface area contributed by atoms with Crippen molar-refractivity contribution >= 4 is 28.8 Å². The summed E-state index contributed by atoms with van der Waals surface area (Å²) in [7, 11) is 0. The van der Waals surface area contributed by atoms with Gasteiger partial charge in [-0.3, -0.25) is 9.69 Å². The van der Waals surface area contributed by atoms with Gasteiger partial charge in [0.15, 0.2) is 11.5 Å². The zero-order chi connectivity index (χ0) is 38.5. The van der Waals surface area contributed by atoms with Crippen molar-refractivity contribution in [1.82, 2.24) is 35.4 Å². The lowest BCUT2D eigenvalue weighted by Gasteiger charge is -2.35. The Bertz CT molecular complexity index is 1930. The fourth-order valence-electron chi connectivity index (χ4n) is 6.79. The summed E-state index contributed by atoms with van der Waals surface area (Å²) in [5, 5.41) is 7.25. The Hall–Kier alpha value is -5.08. The van der Waals surface area contributed by atoms with Gasteiger partial charge in [-0.05, 0) is 89.8 Å². The standard InChI is InChI=1S/C40H54N8O6.H2/c1-39(2,3)54-36(49)30(12-8-9-15-41)44-37(50)40(4,5)34-23-43-35(46-34)31(21-27-22-42-29-11-7-6-10-28(27)29)45-38(51)48-18-16-47(17-19-48)24-26-13-14-32-33(20-26)53-25-52-32;/h6-7,10-11,13-14,20,22-23,30-31,42H,8-9,12,15-19,21,24-25,41H2,1-5H3,(H,43,46)(H,44,50)(H,45,51);1H/t30-,31-;/m1./s1. The van der Waals surface area contributed by atoms with E-state index in [4.69, 9.17) is 24.9 Å². The lowest BCUT2D eigenvalue weighted by atomic mass is 9.88. The number of hydrogen-bond donors (Lipinski definition) is 5. The summed E-state index contributed by atoms with van der Waals surface area (Å²) in [5.41, 5.74) is 7.61. The number of piperazine rings is 1. The van der Waals surface area contributed by atoms with Crippen molar-refractivity contribution in [2.24, 2.45) is 5.73 Å². The third kappa shape index (κ3) is 9.34. The predicted octanol–water partition coefficient (Wildman–Crippen LogP) is 4.91. The number of nitrogens with zero attached hydrogens (tertiary/aromatic N) is 3. The van der Waals surface area contributed by atoms with Gasteiger partial charge in [0.2, 0.25) is 12.7 Å². The third-order valence-electron chi connectivity index (χ3n) is 10.0. The molecule has 0 bridgehead atoms. The van der Waals surface area contributed by atoms with Gasteiger partial charge >= 0.3 is 12.0 Å². The molecule has 0 aliphatic carbocycles. The molecular weight excluding hydrogens is 688 g/mol. The first-order valence-electron chi connectivity index (χ1n) is 18.8. The second kappa shape index (κ2) is 16.5. The number of amides is 3. The maximum atomic E-state index is 13.9. The second-order valence-electron chi connectivity index (χ2n) is 15.7. The summed E-state index contributed by atoms with van der Waals surface area (Å²) in [4.78, 5) is 56.4. The Morgan fingerprint density at radius 2 is 1.76 bits per heavy atom. The number of fused-ring (bicyclic) bond motifs is 2. The van der Waals surface area contributed by atoms with Gasteiger partial charge in [-0.1, -0.05) is 24.3 Å². The third-order valence-corrected chi connectivity index (χ3v) is 10.0. The van der Waals surface area contributed by atoms with E-state index in [9.17, 15) is 14.4 Å². The molecular formula is C40H56N8O6. The highest BCUT2D eigenvalue weighted by molar-refractivity contribution is 5.91. The molecule has 2 atom stereocenters. The van der Waals surface area contributed by atoms with Gasteiger partial charge in [-0.2, -0.15) is 0 Å². The molecule has 0 radical (unpaired) electrons. The summed E-state index contributed by atoms with van der Waals surface area (Å²) in [6.45, 7) is 13.0. The number of hydrogen-bond acceptors (Lipinski definition) is 9. The average molecular weight is 745 g/mol. The number of nitrogens with one attached hydrogen (secondary N) is 4. The topological polar surface area (TPSA) is 180 Å². The molecule has 0 spiro atoms. The Balaban J connectivity index is 0.00000580. The molecule has 2 aliphatic heterocycles. The number of rotatable bonds is 14. The van der Waals surface area contributed by atoms with Crippen LogP contribution in [0.3, 0.4) is 0 Å². The Labute approximate surface area is 318 Å². The maximum absolute atomic E-state index is 13.9. The Morgan fingerprint density at radius 1 is 1.00 bits per heavy atom. The number of imidazole rings is 1. The number of benzene rings is 2. The molecule has 14 nitrogen and oxygen atoms in total. The monoisotopic (exact) mass is 744 g/mol. The summed E-state index contributed by atoms with van der Waals surface area (Å²) in [6, 6.07) is 12.5. The van der Waals surface area contributed by atoms with Crippen molar-refractivity contribution in [2.45, 2.75) is 89.9 Å². The molecule has 2 aromatic heterocycles. The smallest absolute Gasteiger partial charge is 0.329 e. The van der Waals surface area contributed by atoms with Gasteiger partial charge in [0.05, 0.1) is 11.5 Å². The molecule has 4 aromatic rings. The first-order chi connectivity index (χ1) is 25.8. The van der Waals surface area contributed by atoms with Gasteiger partial charge in [0, 0.05) is 69.6 Å². The van der Waals surface area contributed by atoms with Crippen LogP contribution in [0, 0.1) is 0 Å². The van der Waals surface area contributed by atoms with Crippen LogP contribution in [0.25, 0.3) is 10.9 Å². The SMILES string of the molecule is CC(C)(C)OC(=O)[C@@H](CCCCN)NC(=O)C(C)(C)c1cnc([C@@H](Cc2c[nH]c3ccccc23)NC(=O)N2CCN(Cc3ccc4c(c3)OCO4)CC2)[nH]1.[HH]. The van der Waals surface area contributed by atoms with E-state index in [1.165, 1.54) is 0 Å². The quantitative estimate of drug-likeness (QED) is 0.0886. The molecule has 2 aliphatic rings. The van der Waals surface area contributed by atoms with Gasteiger partial charge in [0.1, 0.15) is 17.5 Å². The van der Waals surface area contributed by atoms with E-state index in [2.05, 4.69) is 31.6 Å². The van der Waals surface area contributed by atoms with E-state index in [1.807, 2.05) is 47.5 Å². The molecule has 0 unspecified atom stereocenters. The summed E-state index contributed by atoms with van der Waals surface area (Å²) in [5.74, 6) is 1.22. The zero-order valence-corrected chi connectivity index (χ0v) is 32.0. The number of ether oxygens (including phenoxy) is 3. The van der Waals surface area contributed by atoms with Crippen molar-refractivity contribution in [3.8, 4) is 11.5 Å². The van der Waals surface area contributed by atoms with Crippen LogP contribution < -0.4 is 25.8 Å². The largest absolute Gasteiger partial charge is 0.458 e. The van der Waals surface area contributed by atoms with Gasteiger partial charge < -0.3 is 45.4 Å². The minimum Gasteiger partial charge on any atom is -0.458 e. The van der Waals surface area contributed by atoms with Crippen molar-refractivity contribution in [1.29, 1.82) is 0 Å². The van der Waals surface area contributed by atoms with Crippen molar-refractivity contribution in [3.63, 3.8) is 0 Å². The van der Waals surface area contributed by atoms with E-state index in [0.717, 1.165) is 59.6 Å². The van der Waals surface area contributed by atoms with Crippen molar-refractivity contribution in [2.75, 3.05) is 39.5 Å². The first kappa shape index (κ1) is 38.6. The highest BCUT2D eigenvalue weighted by Crippen LogP contribution is 2.33. The van der Waals surface area contributed by atoms with Crippen molar-refractivity contribution < 1.29 is 30.0 Å². The molecule has 292 valence electrons. The van der Waals surface area contributed by atoms with Gasteiger partial charge in [-0.15, -0.1) is 0 Å². The number of carbonyl (C=O) groups is 3. The lowest BCUT2D eigenvalue weighted by Crippen LogP contribution is -2.52. The van der Waals surface area contributed by atoms with Crippen LogP contribution in [-0.4, -0.2) is 93.8 Å². The number of carbonyl (C=O) groups excluding carboxylic acids is 3. The van der Waals surface area contributed by atoms with E-state index >= 15 is 0 Å². The fourth-order valence-corrected chi connectivity index (χ4v) is 6.79. The molecule has 1 saturated heterocycles. The fraction of sp³-hybridized carbons (Fsp3) is 0.500. The number of nitrogens with two attached hydrogens (primary N) is 1. The van der Waals surface area contributed by atoms with E-state index in [0.29, 0.717) is 50.4 Å². The summed E-state index contributed by atoms with van der Waals surface area (Å²) >= 11 is 0. The van der Waals surface area contributed by atoms with E-state index in [1.54, 1.807) is 40.8 Å². The minimum atomic E-state index is -1.09. The Morgan fingerprint density at radius 3 is 2.52 bits per heavy atom. The highest BCUT2D eigenvalue weighted by atomic mass is 16.7. The number of para-hydroxylation sites is 1.